The van der Waals surface area contributed by atoms with Crippen molar-refractivity contribution in [1.82, 2.24) is 0 Å². The van der Waals surface area contributed by atoms with Crippen LogP contribution in [0.5, 0.6) is 0 Å². The van der Waals surface area contributed by atoms with Gasteiger partial charge in [0.05, 0.1) is 6.10 Å². The zero-order chi connectivity index (χ0) is 30.2. The summed E-state index contributed by atoms with van der Waals surface area (Å²) in [5.74, 6) is -1.52. The van der Waals surface area contributed by atoms with E-state index in [0.29, 0.717) is 24.8 Å². The number of aliphatic hydroxyl groups excluding tert-OH is 3. The van der Waals surface area contributed by atoms with Crippen molar-refractivity contribution in [3.63, 3.8) is 0 Å². The summed E-state index contributed by atoms with van der Waals surface area (Å²) in [5.41, 5.74) is -4.08. The molecule has 1 spiro atoms. The van der Waals surface area contributed by atoms with E-state index in [0.717, 1.165) is 44.9 Å². The summed E-state index contributed by atoms with van der Waals surface area (Å²) < 4.78 is 11.8. The molecule has 8 atom stereocenters. The Bertz CT molecular complexity index is 1050. The first-order chi connectivity index (χ1) is 19.3. The number of hydrogen-bond acceptors (Lipinski definition) is 8. The molecule has 0 aliphatic heterocycles. The monoisotopic (exact) mass is 576 g/mol. The van der Waals surface area contributed by atoms with Gasteiger partial charge in [-0.3, -0.25) is 9.59 Å². The number of carbonyl (C=O) groups excluding carboxylic acids is 2. The van der Waals surface area contributed by atoms with Crippen molar-refractivity contribution < 1.29 is 39.5 Å². The fraction of sp³-hybridized carbons (Fsp3) is 0.818. The van der Waals surface area contributed by atoms with Crippen LogP contribution in [0, 0.1) is 22.7 Å². The fourth-order valence-electron chi connectivity index (χ4n) is 8.46. The Morgan fingerprint density at radius 1 is 0.902 bits per heavy atom. The molecule has 0 heterocycles. The summed E-state index contributed by atoms with van der Waals surface area (Å²) in [6.45, 7) is 9.71. The zero-order valence-electron chi connectivity index (χ0n) is 25.7. The smallest absolute Gasteiger partial charge is 0.306 e. The number of aliphatic hydroxyl groups is 4. The van der Waals surface area contributed by atoms with Gasteiger partial charge in [0.15, 0.2) is 0 Å². The Kier molecular flexibility index (Phi) is 9.50. The van der Waals surface area contributed by atoms with Gasteiger partial charge < -0.3 is 29.9 Å². The molecule has 2 bridgehead atoms. The van der Waals surface area contributed by atoms with Crippen LogP contribution < -0.4 is 0 Å². The largest absolute Gasteiger partial charge is 0.461 e. The highest BCUT2D eigenvalue weighted by molar-refractivity contribution is 5.71. The molecule has 8 nitrogen and oxygen atoms in total. The quantitative estimate of drug-likeness (QED) is 0.143. The van der Waals surface area contributed by atoms with Crippen molar-refractivity contribution in [2.24, 2.45) is 22.7 Å². The summed E-state index contributed by atoms with van der Waals surface area (Å²) in [4.78, 5) is 25.6. The zero-order valence-corrected chi connectivity index (χ0v) is 25.7. The second-order valence-electron chi connectivity index (χ2n) is 13.7. The minimum atomic E-state index is -2.13. The van der Waals surface area contributed by atoms with Crippen LogP contribution in [0.1, 0.15) is 112 Å². The van der Waals surface area contributed by atoms with Gasteiger partial charge in [-0.15, -0.1) is 0 Å². The van der Waals surface area contributed by atoms with Crippen molar-refractivity contribution in [3.8, 4) is 0 Å². The SMILES string of the molecule is CCCCCCCC(=O)O[C@@]12CC[C@]34C=C(C)[C@H](O)[C@@]3(O)[C@H](O)C(COC(=O)CCCCC)=C[C@H](C4O)[C@@H]1C2(C)C. The number of fused-ring (bicyclic) bond motifs is 3. The molecule has 0 saturated heterocycles. The highest BCUT2D eigenvalue weighted by Crippen LogP contribution is 2.75. The van der Waals surface area contributed by atoms with Gasteiger partial charge in [0.25, 0.3) is 0 Å². The molecule has 0 aromatic rings. The predicted molar refractivity (Wildman–Crippen MR) is 155 cm³/mol. The molecule has 2 saturated carbocycles. The van der Waals surface area contributed by atoms with E-state index in [1.807, 2.05) is 20.8 Å². The second-order valence-corrected chi connectivity index (χ2v) is 13.7. The molecule has 4 N–H and O–H groups in total. The molecule has 232 valence electrons. The van der Waals surface area contributed by atoms with Gasteiger partial charge in [0.1, 0.15) is 30.0 Å². The minimum Gasteiger partial charge on any atom is -0.461 e. The third-order valence-corrected chi connectivity index (χ3v) is 10.9. The van der Waals surface area contributed by atoms with Gasteiger partial charge in [-0.05, 0) is 43.8 Å². The molecule has 4 rings (SSSR count). The first-order valence-corrected chi connectivity index (χ1v) is 15.9. The van der Waals surface area contributed by atoms with Crippen molar-refractivity contribution >= 4 is 11.9 Å². The van der Waals surface area contributed by atoms with Crippen LogP contribution in [0.15, 0.2) is 23.3 Å². The maximum absolute atomic E-state index is 13.1. The van der Waals surface area contributed by atoms with Gasteiger partial charge in [-0.1, -0.05) is 78.4 Å². The van der Waals surface area contributed by atoms with Gasteiger partial charge >= 0.3 is 11.9 Å². The van der Waals surface area contributed by atoms with Crippen molar-refractivity contribution in [3.05, 3.63) is 23.3 Å². The number of ether oxygens (including phenoxy) is 2. The molecule has 0 amide bonds. The van der Waals surface area contributed by atoms with E-state index in [2.05, 4.69) is 6.92 Å². The lowest BCUT2D eigenvalue weighted by atomic mass is 9.62. The lowest BCUT2D eigenvalue weighted by molar-refractivity contribution is -0.203. The third-order valence-electron chi connectivity index (χ3n) is 10.9. The van der Waals surface area contributed by atoms with Gasteiger partial charge in [0.2, 0.25) is 0 Å². The van der Waals surface area contributed by atoms with Crippen LogP contribution in [0.2, 0.25) is 0 Å². The average molecular weight is 577 g/mol. The van der Waals surface area contributed by atoms with E-state index in [-0.39, 0.29) is 36.9 Å². The van der Waals surface area contributed by atoms with Crippen LogP contribution in [0.4, 0.5) is 0 Å². The average Bonchev–Trinajstić information content (AvgIpc) is 3.37. The highest BCUT2D eigenvalue weighted by Gasteiger charge is 2.81. The van der Waals surface area contributed by atoms with Crippen molar-refractivity contribution in [2.45, 2.75) is 141 Å². The molecule has 2 fully saturated rings. The third kappa shape index (κ3) is 5.21. The highest BCUT2D eigenvalue weighted by atomic mass is 16.6. The van der Waals surface area contributed by atoms with E-state index in [9.17, 15) is 30.0 Å². The van der Waals surface area contributed by atoms with Gasteiger partial charge in [-0.2, -0.15) is 0 Å². The Morgan fingerprint density at radius 3 is 2.20 bits per heavy atom. The van der Waals surface area contributed by atoms with Crippen molar-refractivity contribution in [2.75, 3.05) is 6.61 Å². The number of esters is 2. The molecule has 8 heteroatoms. The van der Waals surface area contributed by atoms with Gasteiger partial charge in [-0.25, -0.2) is 0 Å². The van der Waals surface area contributed by atoms with Gasteiger partial charge in [0, 0.05) is 35.5 Å². The maximum atomic E-state index is 13.1. The van der Waals surface area contributed by atoms with E-state index in [4.69, 9.17) is 9.47 Å². The fourth-order valence-corrected chi connectivity index (χ4v) is 8.46. The first-order valence-electron chi connectivity index (χ1n) is 15.9. The lowest BCUT2D eigenvalue weighted by Gasteiger charge is -2.48. The Balaban J connectivity index is 1.65. The van der Waals surface area contributed by atoms with E-state index in [1.54, 1.807) is 19.1 Å². The maximum Gasteiger partial charge on any atom is 0.306 e. The topological polar surface area (TPSA) is 134 Å². The summed E-state index contributed by atoms with van der Waals surface area (Å²) in [7, 11) is 0. The number of unbranched alkanes of at least 4 members (excludes halogenated alkanes) is 6. The van der Waals surface area contributed by atoms with Crippen LogP contribution in [0.25, 0.3) is 0 Å². The van der Waals surface area contributed by atoms with Crippen LogP contribution in [-0.4, -0.2) is 68.5 Å². The molecular formula is C33H52O8. The number of rotatable bonds is 13. The van der Waals surface area contributed by atoms with Crippen LogP contribution >= 0.6 is 0 Å². The summed E-state index contributed by atoms with van der Waals surface area (Å²) in [5, 5.41) is 47.1. The van der Waals surface area contributed by atoms with Crippen molar-refractivity contribution in [1.29, 1.82) is 0 Å². The van der Waals surface area contributed by atoms with E-state index in [1.165, 1.54) is 0 Å². The molecule has 1 unspecified atom stereocenters. The minimum absolute atomic E-state index is 0.217. The molecule has 0 radical (unpaired) electrons. The van der Waals surface area contributed by atoms with Crippen LogP contribution in [0.3, 0.4) is 0 Å². The summed E-state index contributed by atoms with van der Waals surface area (Å²) >= 11 is 0. The van der Waals surface area contributed by atoms with E-state index < -0.39 is 52.2 Å². The number of carbonyl (C=O) groups is 2. The molecule has 4 aliphatic carbocycles. The Morgan fingerprint density at radius 2 is 1.51 bits per heavy atom. The predicted octanol–water partition coefficient (Wildman–Crippen LogP) is 4.52. The Labute approximate surface area is 245 Å². The molecular weight excluding hydrogens is 524 g/mol. The summed E-state index contributed by atoms with van der Waals surface area (Å²) in [6.07, 6.45) is 8.19. The molecule has 41 heavy (non-hydrogen) atoms. The lowest BCUT2D eigenvalue weighted by Crippen LogP contribution is -2.64. The first kappa shape index (κ1) is 32.2. The Hall–Kier alpha value is -1.74. The second kappa shape index (κ2) is 12.1. The normalized spacial score (nSPS) is 38.5. The summed E-state index contributed by atoms with van der Waals surface area (Å²) in [6, 6.07) is 0. The van der Waals surface area contributed by atoms with E-state index >= 15 is 0 Å². The molecule has 4 aliphatic rings. The standard InChI is InChI=1S/C33H52O8/c1-6-8-10-11-13-15-25(35)41-32-17-16-31-19-21(3)27(36)33(31,39)28(37)22(20-40-24(34)14-12-9-7-2)18-23(29(31)38)26(32)30(32,4)5/h18-19,23,26-29,36-39H,6-17,20H2,1-5H3/t23-,26+,27-,28+,29?,31+,32-,33+/m0/s1. The molecule has 0 aromatic carbocycles. The number of hydrogen-bond donors (Lipinski definition) is 4. The molecule has 0 aromatic heterocycles. The van der Waals surface area contributed by atoms with Crippen LogP contribution in [-0.2, 0) is 19.1 Å².